The molecule has 16 heavy (non-hydrogen) atoms. The van der Waals surface area contributed by atoms with Crippen LogP contribution >= 0.6 is 0 Å². The number of hydrogen-bond donors (Lipinski definition) is 1. The summed E-state index contributed by atoms with van der Waals surface area (Å²) in [5.41, 5.74) is 4.29. The lowest BCUT2D eigenvalue weighted by Gasteiger charge is -2.27. The number of nitrogens with zero attached hydrogens (tertiary/aromatic N) is 1. The zero-order valence-corrected chi connectivity index (χ0v) is 10.0. The third-order valence-corrected chi connectivity index (χ3v) is 2.97. The second kappa shape index (κ2) is 3.91. The number of rotatable bonds is 1. The molecule has 1 aromatic carbocycles. The first kappa shape index (κ1) is 11.1. The van der Waals surface area contributed by atoms with Gasteiger partial charge in [0, 0.05) is 12.5 Å². The number of hydrogen-bond acceptors (Lipinski definition) is 2. The lowest BCUT2D eigenvalue weighted by atomic mass is 9.86. The molecule has 1 fully saturated rings. The van der Waals surface area contributed by atoms with Crippen LogP contribution in [0.2, 0.25) is 0 Å². The van der Waals surface area contributed by atoms with Gasteiger partial charge in [0.1, 0.15) is 0 Å². The number of carbonyl (C=O) groups is 1. The third-order valence-electron chi connectivity index (χ3n) is 2.97. The van der Waals surface area contributed by atoms with E-state index in [4.69, 9.17) is 0 Å². The van der Waals surface area contributed by atoms with Gasteiger partial charge in [-0.15, -0.1) is 0 Å². The van der Waals surface area contributed by atoms with E-state index in [2.05, 4.69) is 26.2 Å². The van der Waals surface area contributed by atoms with Gasteiger partial charge < -0.3 is 0 Å². The molecule has 1 aromatic rings. The predicted octanol–water partition coefficient (Wildman–Crippen LogP) is 2.34. The number of para-hydroxylation sites is 1. The van der Waals surface area contributed by atoms with Crippen LogP contribution < -0.4 is 10.4 Å². The molecule has 1 N–H and O–H groups in total. The molecule has 0 bridgehead atoms. The van der Waals surface area contributed by atoms with Crippen LogP contribution in [0.1, 0.15) is 27.2 Å². The van der Waals surface area contributed by atoms with Crippen molar-refractivity contribution in [1.82, 2.24) is 5.43 Å². The van der Waals surface area contributed by atoms with Crippen molar-refractivity contribution in [3.8, 4) is 0 Å². The van der Waals surface area contributed by atoms with Crippen LogP contribution in [0.3, 0.4) is 0 Å². The molecular weight excluding hydrogens is 200 g/mol. The summed E-state index contributed by atoms with van der Waals surface area (Å²) in [6.45, 7) is 6.44. The second-order valence-corrected chi connectivity index (χ2v) is 5.32. The molecule has 1 saturated heterocycles. The fourth-order valence-electron chi connectivity index (χ4n) is 1.83. The number of anilines is 1. The highest BCUT2D eigenvalue weighted by Gasteiger charge is 2.36. The Hall–Kier alpha value is -1.35. The summed E-state index contributed by atoms with van der Waals surface area (Å²) in [4.78, 5) is 11.9. The predicted molar refractivity (Wildman–Crippen MR) is 64.9 cm³/mol. The van der Waals surface area contributed by atoms with Gasteiger partial charge >= 0.3 is 0 Å². The monoisotopic (exact) mass is 218 g/mol. The molecule has 1 aliphatic rings. The molecule has 3 heteroatoms. The van der Waals surface area contributed by atoms with Crippen molar-refractivity contribution in [1.29, 1.82) is 0 Å². The summed E-state index contributed by atoms with van der Waals surface area (Å²) in [6.07, 6.45) is 0.568. The van der Waals surface area contributed by atoms with Crippen molar-refractivity contribution in [3.05, 3.63) is 30.3 Å². The molecule has 1 atom stereocenters. The average molecular weight is 218 g/mol. The Morgan fingerprint density at radius 3 is 2.38 bits per heavy atom. The number of carbonyl (C=O) groups excluding carboxylic acids is 1. The SMILES string of the molecule is CC(C)(C)C1CC(=O)N(c2ccccc2)N1. The van der Waals surface area contributed by atoms with Crippen LogP contribution in [-0.2, 0) is 4.79 Å². The number of hydrazine groups is 1. The molecule has 1 amide bonds. The molecule has 1 aliphatic heterocycles. The quantitative estimate of drug-likeness (QED) is 0.784. The number of nitrogens with one attached hydrogen (secondary N) is 1. The molecular formula is C13H18N2O. The summed E-state index contributed by atoms with van der Waals surface area (Å²) in [5, 5.41) is 1.66. The van der Waals surface area contributed by atoms with Crippen LogP contribution in [-0.4, -0.2) is 11.9 Å². The topological polar surface area (TPSA) is 32.3 Å². The van der Waals surface area contributed by atoms with Crippen LogP contribution in [0.4, 0.5) is 5.69 Å². The van der Waals surface area contributed by atoms with E-state index in [1.165, 1.54) is 0 Å². The molecule has 0 saturated carbocycles. The molecule has 0 aromatic heterocycles. The Bertz CT molecular complexity index is 381. The van der Waals surface area contributed by atoms with Gasteiger partial charge in [0.05, 0.1) is 5.69 Å². The van der Waals surface area contributed by atoms with Gasteiger partial charge in [-0.1, -0.05) is 39.0 Å². The highest BCUT2D eigenvalue weighted by molar-refractivity contribution is 5.94. The molecule has 86 valence electrons. The fourth-order valence-corrected chi connectivity index (χ4v) is 1.83. The number of benzene rings is 1. The molecule has 2 rings (SSSR count). The standard InChI is InChI=1S/C13H18N2O/c1-13(2,3)11-9-12(16)15(14-11)10-7-5-4-6-8-10/h4-8,11,14H,9H2,1-3H3. The van der Waals surface area contributed by atoms with Gasteiger partial charge in [-0.25, -0.2) is 10.4 Å². The average Bonchev–Trinajstić information content (AvgIpc) is 2.61. The van der Waals surface area contributed by atoms with Crippen molar-refractivity contribution in [3.63, 3.8) is 0 Å². The van der Waals surface area contributed by atoms with Crippen molar-refractivity contribution in [2.24, 2.45) is 5.41 Å². The summed E-state index contributed by atoms with van der Waals surface area (Å²) >= 11 is 0. The minimum absolute atomic E-state index is 0.0964. The van der Waals surface area contributed by atoms with E-state index in [0.717, 1.165) is 5.69 Å². The van der Waals surface area contributed by atoms with Crippen LogP contribution in [0, 0.1) is 5.41 Å². The normalized spacial score (nSPS) is 21.6. The van der Waals surface area contributed by atoms with Crippen molar-refractivity contribution < 1.29 is 4.79 Å². The third kappa shape index (κ3) is 2.09. The van der Waals surface area contributed by atoms with E-state index in [9.17, 15) is 4.79 Å². The van der Waals surface area contributed by atoms with Crippen LogP contribution in [0.15, 0.2) is 30.3 Å². The zero-order chi connectivity index (χ0) is 11.8. The second-order valence-electron chi connectivity index (χ2n) is 5.32. The van der Waals surface area contributed by atoms with E-state index in [1.54, 1.807) is 5.01 Å². The highest BCUT2D eigenvalue weighted by atomic mass is 16.2. The summed E-state index contributed by atoms with van der Waals surface area (Å²) in [6, 6.07) is 9.92. The van der Waals surface area contributed by atoms with Gasteiger partial charge in [-0.2, -0.15) is 0 Å². The van der Waals surface area contributed by atoms with E-state index in [0.29, 0.717) is 6.42 Å². The van der Waals surface area contributed by atoms with E-state index >= 15 is 0 Å². The maximum atomic E-state index is 11.9. The molecule has 1 heterocycles. The highest BCUT2D eigenvalue weighted by Crippen LogP contribution is 2.28. The molecule has 0 spiro atoms. The Labute approximate surface area is 96.4 Å². The first-order valence-corrected chi connectivity index (χ1v) is 5.62. The smallest absolute Gasteiger partial charge is 0.243 e. The number of amides is 1. The van der Waals surface area contributed by atoms with Gasteiger partial charge in [0.25, 0.3) is 0 Å². The largest absolute Gasteiger partial charge is 0.273 e. The van der Waals surface area contributed by atoms with E-state index < -0.39 is 0 Å². The summed E-state index contributed by atoms with van der Waals surface area (Å²) in [5.74, 6) is 0.145. The first-order valence-electron chi connectivity index (χ1n) is 5.62. The lowest BCUT2D eigenvalue weighted by molar-refractivity contribution is -0.117. The fraction of sp³-hybridized carbons (Fsp3) is 0.462. The van der Waals surface area contributed by atoms with Crippen molar-refractivity contribution in [2.75, 3.05) is 5.01 Å². The maximum Gasteiger partial charge on any atom is 0.243 e. The Morgan fingerprint density at radius 1 is 1.25 bits per heavy atom. The van der Waals surface area contributed by atoms with Gasteiger partial charge in [-0.05, 0) is 17.5 Å². The minimum atomic E-state index is 0.0964. The van der Waals surface area contributed by atoms with Crippen LogP contribution in [0.25, 0.3) is 0 Å². The summed E-state index contributed by atoms with van der Waals surface area (Å²) in [7, 11) is 0. The molecule has 3 nitrogen and oxygen atoms in total. The van der Waals surface area contributed by atoms with E-state index in [1.807, 2.05) is 30.3 Å². The van der Waals surface area contributed by atoms with Crippen molar-refractivity contribution >= 4 is 11.6 Å². The Kier molecular flexibility index (Phi) is 2.72. The van der Waals surface area contributed by atoms with Crippen molar-refractivity contribution in [2.45, 2.75) is 33.2 Å². The lowest BCUT2D eigenvalue weighted by Crippen LogP contribution is -2.42. The van der Waals surface area contributed by atoms with Crippen LogP contribution in [0.5, 0.6) is 0 Å². The minimum Gasteiger partial charge on any atom is -0.273 e. The van der Waals surface area contributed by atoms with Gasteiger partial charge in [0.2, 0.25) is 5.91 Å². The maximum absolute atomic E-state index is 11.9. The van der Waals surface area contributed by atoms with Gasteiger partial charge in [-0.3, -0.25) is 4.79 Å². The van der Waals surface area contributed by atoms with E-state index in [-0.39, 0.29) is 17.4 Å². The molecule has 1 unspecified atom stereocenters. The zero-order valence-electron chi connectivity index (χ0n) is 10.0. The molecule has 0 aliphatic carbocycles. The Morgan fingerprint density at radius 2 is 1.88 bits per heavy atom. The Balaban J connectivity index is 2.18. The van der Waals surface area contributed by atoms with Gasteiger partial charge in [0.15, 0.2) is 0 Å². The first-order chi connectivity index (χ1) is 7.48. The molecule has 0 radical (unpaired) electrons. The summed E-state index contributed by atoms with van der Waals surface area (Å²) < 4.78 is 0.